The van der Waals surface area contributed by atoms with E-state index in [4.69, 9.17) is 4.74 Å². The second-order valence-electron chi connectivity index (χ2n) is 8.70. The lowest BCUT2D eigenvalue weighted by molar-refractivity contribution is -0.153. The number of carbonyl (C=O) groups is 2. The van der Waals surface area contributed by atoms with E-state index in [1.54, 1.807) is 24.3 Å². The first-order valence-corrected chi connectivity index (χ1v) is 13.1. The summed E-state index contributed by atoms with van der Waals surface area (Å²) in [5.41, 5.74) is 0.650. The third-order valence-corrected chi connectivity index (χ3v) is 7.97. The number of carboxylic acids is 1. The molecule has 1 saturated carbocycles. The number of carboxylic acid groups (broad SMARTS) is 1. The number of hydrogen-bond acceptors (Lipinski definition) is 7. The standard InChI is InChI=1S/C23H30N4O6S/c1-2-33-21-10-5-16-13-18(8-9-19(16)25-21)34(31,32)26-17-6-3-15(4-7-17)22(28)27-12-11-24-14-20(27)23(29)30/h5,8-10,13,15,17,20,24,26H,2-4,6-7,11-12,14H2,1H3,(H,29,30)/t15-,17-,20-/m1/s1. The lowest BCUT2D eigenvalue weighted by Gasteiger charge is -2.37. The molecule has 11 heteroatoms. The molecule has 2 aliphatic rings. The molecule has 184 valence electrons. The fraction of sp³-hybridized carbons (Fsp3) is 0.522. The Morgan fingerprint density at radius 1 is 1.21 bits per heavy atom. The number of benzene rings is 1. The topological polar surface area (TPSA) is 138 Å². The van der Waals surface area contributed by atoms with Crippen LogP contribution in [0.1, 0.15) is 32.6 Å². The SMILES string of the molecule is CCOc1ccc2cc(S(=O)(=O)N[C@H]3CC[C@H](C(=O)N4CCNC[C@@H]4C(=O)O)CC3)ccc2n1. The zero-order valence-corrected chi connectivity index (χ0v) is 19.9. The van der Waals surface area contributed by atoms with E-state index in [1.165, 1.54) is 11.0 Å². The molecule has 2 aromatic rings. The molecule has 1 saturated heterocycles. The minimum Gasteiger partial charge on any atom is -0.480 e. The minimum atomic E-state index is -3.74. The number of sulfonamides is 1. The highest BCUT2D eigenvalue weighted by Crippen LogP contribution is 2.28. The summed E-state index contributed by atoms with van der Waals surface area (Å²) in [5.74, 6) is -0.956. The molecule has 10 nitrogen and oxygen atoms in total. The van der Waals surface area contributed by atoms with Crippen molar-refractivity contribution >= 4 is 32.8 Å². The van der Waals surface area contributed by atoms with Crippen LogP contribution >= 0.6 is 0 Å². The highest BCUT2D eigenvalue weighted by Gasteiger charge is 2.37. The first-order chi connectivity index (χ1) is 16.3. The van der Waals surface area contributed by atoms with Crippen LogP contribution in [0, 0.1) is 5.92 Å². The van der Waals surface area contributed by atoms with Crippen LogP contribution in [0.25, 0.3) is 10.9 Å². The van der Waals surface area contributed by atoms with Gasteiger partial charge in [0, 0.05) is 43.0 Å². The second-order valence-corrected chi connectivity index (χ2v) is 10.4. The summed E-state index contributed by atoms with van der Waals surface area (Å²) in [6, 6.07) is 7.13. The summed E-state index contributed by atoms with van der Waals surface area (Å²) in [7, 11) is -3.74. The number of amides is 1. The fourth-order valence-electron chi connectivity index (χ4n) is 4.65. The number of aromatic nitrogens is 1. The molecule has 1 aromatic carbocycles. The molecular formula is C23H30N4O6S. The molecule has 0 spiro atoms. The third kappa shape index (κ3) is 5.31. The van der Waals surface area contributed by atoms with E-state index in [9.17, 15) is 23.1 Å². The average Bonchev–Trinajstić information content (AvgIpc) is 2.83. The number of carbonyl (C=O) groups excluding carboxylic acids is 1. The van der Waals surface area contributed by atoms with Gasteiger partial charge in [-0.15, -0.1) is 0 Å². The molecule has 0 radical (unpaired) electrons. The number of nitrogens with one attached hydrogen (secondary N) is 2. The molecule has 1 aromatic heterocycles. The predicted octanol–water partition coefficient (Wildman–Crippen LogP) is 1.36. The molecule has 2 fully saturated rings. The van der Waals surface area contributed by atoms with E-state index >= 15 is 0 Å². The number of aliphatic carboxylic acids is 1. The summed E-state index contributed by atoms with van der Waals surface area (Å²) in [6.07, 6.45) is 2.08. The number of fused-ring (bicyclic) bond motifs is 1. The summed E-state index contributed by atoms with van der Waals surface area (Å²) in [5, 5.41) is 13.1. The quantitative estimate of drug-likeness (QED) is 0.529. The first-order valence-electron chi connectivity index (χ1n) is 11.6. The van der Waals surface area contributed by atoms with E-state index in [1.807, 2.05) is 6.92 Å². The Morgan fingerprint density at radius 2 is 1.97 bits per heavy atom. The molecular weight excluding hydrogens is 460 g/mol. The van der Waals surface area contributed by atoms with Crippen LogP contribution in [0.4, 0.5) is 0 Å². The molecule has 1 aliphatic heterocycles. The fourth-order valence-corrected chi connectivity index (χ4v) is 5.99. The molecule has 0 bridgehead atoms. The maximum atomic E-state index is 13.0. The van der Waals surface area contributed by atoms with Crippen LogP contribution < -0.4 is 14.8 Å². The Kier molecular flexibility index (Phi) is 7.34. The first kappa shape index (κ1) is 24.4. The van der Waals surface area contributed by atoms with Gasteiger partial charge in [-0.25, -0.2) is 22.9 Å². The van der Waals surface area contributed by atoms with Crippen molar-refractivity contribution in [3.8, 4) is 5.88 Å². The van der Waals surface area contributed by atoms with Crippen molar-refractivity contribution in [1.82, 2.24) is 19.9 Å². The summed E-state index contributed by atoms with van der Waals surface area (Å²) < 4.78 is 34.1. The lowest BCUT2D eigenvalue weighted by Crippen LogP contribution is -2.58. The van der Waals surface area contributed by atoms with Crippen molar-refractivity contribution in [2.45, 2.75) is 49.6 Å². The van der Waals surface area contributed by atoms with Gasteiger partial charge in [-0.3, -0.25) is 4.79 Å². The van der Waals surface area contributed by atoms with E-state index in [0.29, 0.717) is 62.2 Å². The van der Waals surface area contributed by atoms with Gasteiger partial charge in [0.2, 0.25) is 21.8 Å². The zero-order chi connectivity index (χ0) is 24.3. The van der Waals surface area contributed by atoms with Gasteiger partial charge in [-0.1, -0.05) is 0 Å². The number of pyridine rings is 1. The molecule has 1 aliphatic carbocycles. The Labute approximate surface area is 198 Å². The van der Waals surface area contributed by atoms with E-state index in [0.717, 1.165) is 0 Å². The molecule has 4 rings (SSSR count). The minimum absolute atomic E-state index is 0.149. The monoisotopic (exact) mass is 490 g/mol. The highest BCUT2D eigenvalue weighted by molar-refractivity contribution is 7.89. The van der Waals surface area contributed by atoms with Gasteiger partial charge in [-0.05, 0) is 56.9 Å². The van der Waals surface area contributed by atoms with Gasteiger partial charge in [-0.2, -0.15) is 0 Å². The van der Waals surface area contributed by atoms with Crippen LogP contribution in [-0.2, 0) is 19.6 Å². The summed E-state index contributed by atoms with van der Waals surface area (Å²) in [6.45, 7) is 3.54. The number of nitrogens with zero attached hydrogens (tertiary/aromatic N) is 2. The van der Waals surface area contributed by atoms with Gasteiger partial charge in [0.05, 0.1) is 17.0 Å². The number of rotatable bonds is 7. The third-order valence-electron chi connectivity index (χ3n) is 6.45. The lowest BCUT2D eigenvalue weighted by atomic mass is 9.85. The van der Waals surface area contributed by atoms with Crippen molar-refractivity contribution in [2.24, 2.45) is 5.92 Å². The Hall–Kier alpha value is -2.76. The van der Waals surface area contributed by atoms with E-state index in [2.05, 4.69) is 15.0 Å². The van der Waals surface area contributed by atoms with Gasteiger partial charge >= 0.3 is 5.97 Å². The molecule has 3 N–H and O–H groups in total. The average molecular weight is 491 g/mol. The van der Waals surface area contributed by atoms with Gasteiger partial charge in [0.15, 0.2) is 0 Å². The number of piperazine rings is 1. The van der Waals surface area contributed by atoms with Gasteiger partial charge in [0.25, 0.3) is 0 Å². The zero-order valence-electron chi connectivity index (χ0n) is 19.1. The van der Waals surface area contributed by atoms with Gasteiger partial charge < -0.3 is 20.1 Å². The van der Waals surface area contributed by atoms with Crippen LogP contribution in [0.15, 0.2) is 35.2 Å². The maximum Gasteiger partial charge on any atom is 0.327 e. The van der Waals surface area contributed by atoms with E-state index in [-0.39, 0.29) is 29.3 Å². The molecule has 34 heavy (non-hydrogen) atoms. The van der Waals surface area contributed by atoms with Crippen molar-refractivity contribution < 1.29 is 27.9 Å². The van der Waals surface area contributed by atoms with E-state index < -0.39 is 22.0 Å². The van der Waals surface area contributed by atoms with Crippen molar-refractivity contribution in [3.63, 3.8) is 0 Å². The summed E-state index contributed by atoms with van der Waals surface area (Å²) in [4.78, 5) is 30.4. The molecule has 1 amide bonds. The Morgan fingerprint density at radius 3 is 2.68 bits per heavy atom. The Bertz CT molecular complexity index is 1160. The maximum absolute atomic E-state index is 13.0. The number of ether oxygens (including phenoxy) is 1. The summed E-state index contributed by atoms with van der Waals surface area (Å²) >= 11 is 0. The van der Waals surface area contributed by atoms with Gasteiger partial charge in [0.1, 0.15) is 6.04 Å². The number of hydrogen-bond donors (Lipinski definition) is 3. The normalized spacial score (nSPS) is 23.6. The second kappa shape index (κ2) is 10.2. The molecule has 1 atom stereocenters. The largest absolute Gasteiger partial charge is 0.480 e. The van der Waals surface area contributed by atoms with Crippen LogP contribution in [0.3, 0.4) is 0 Å². The van der Waals surface area contributed by atoms with Crippen molar-refractivity contribution in [2.75, 3.05) is 26.2 Å². The molecule has 0 unspecified atom stereocenters. The highest BCUT2D eigenvalue weighted by atomic mass is 32.2. The molecule has 2 heterocycles. The Balaban J connectivity index is 1.38. The van der Waals surface area contributed by atoms with Crippen LogP contribution in [-0.4, -0.2) is 73.6 Å². The predicted molar refractivity (Wildman–Crippen MR) is 125 cm³/mol. The van der Waals surface area contributed by atoms with Crippen LogP contribution in [0.5, 0.6) is 5.88 Å². The van der Waals surface area contributed by atoms with Crippen molar-refractivity contribution in [1.29, 1.82) is 0 Å². The smallest absolute Gasteiger partial charge is 0.327 e. The van der Waals surface area contributed by atoms with Crippen molar-refractivity contribution in [3.05, 3.63) is 30.3 Å². The van der Waals surface area contributed by atoms with Crippen LogP contribution in [0.2, 0.25) is 0 Å².